The first-order valence-corrected chi connectivity index (χ1v) is 9.37. The third-order valence-corrected chi connectivity index (χ3v) is 5.78. The standard InChI is InChI=1S/C15H20BrN3O3S/c16-13-2-1-12(23-13)15(21)19-5-3-18(4-6-19)14(20)11-17-7-9-22-10-8-17/h1-2H,3-11H2. The zero-order chi connectivity index (χ0) is 16.2. The van der Waals surface area contributed by atoms with Crippen molar-refractivity contribution in [1.82, 2.24) is 14.7 Å². The van der Waals surface area contributed by atoms with E-state index < -0.39 is 0 Å². The molecule has 0 radical (unpaired) electrons. The van der Waals surface area contributed by atoms with Crippen molar-refractivity contribution in [3.05, 3.63) is 20.8 Å². The van der Waals surface area contributed by atoms with E-state index in [1.807, 2.05) is 21.9 Å². The third kappa shape index (κ3) is 4.32. The van der Waals surface area contributed by atoms with Crippen LogP contribution in [0.5, 0.6) is 0 Å². The van der Waals surface area contributed by atoms with Crippen molar-refractivity contribution in [3.8, 4) is 0 Å². The minimum absolute atomic E-state index is 0.0565. The fourth-order valence-corrected chi connectivity index (χ4v) is 4.15. The highest BCUT2D eigenvalue weighted by Gasteiger charge is 2.26. The Morgan fingerprint density at radius 1 is 1.04 bits per heavy atom. The van der Waals surface area contributed by atoms with Crippen LogP contribution in [0.1, 0.15) is 9.67 Å². The molecule has 3 heterocycles. The molecule has 23 heavy (non-hydrogen) atoms. The molecule has 2 amide bonds. The Hall–Kier alpha value is -0.960. The molecule has 3 rings (SSSR count). The summed E-state index contributed by atoms with van der Waals surface area (Å²) in [7, 11) is 0. The van der Waals surface area contributed by atoms with Gasteiger partial charge in [0.15, 0.2) is 0 Å². The van der Waals surface area contributed by atoms with Crippen LogP contribution in [-0.2, 0) is 9.53 Å². The predicted molar refractivity (Wildman–Crippen MR) is 91.8 cm³/mol. The van der Waals surface area contributed by atoms with Crippen LogP contribution in [0.4, 0.5) is 0 Å². The van der Waals surface area contributed by atoms with Crippen LogP contribution in [-0.4, -0.2) is 85.5 Å². The number of ether oxygens (including phenoxy) is 1. The van der Waals surface area contributed by atoms with Crippen LogP contribution in [0.25, 0.3) is 0 Å². The second kappa shape index (κ2) is 7.74. The molecular formula is C15H20BrN3O3S. The topological polar surface area (TPSA) is 53.1 Å². The number of halogens is 1. The minimum atomic E-state index is 0.0565. The van der Waals surface area contributed by atoms with E-state index in [0.29, 0.717) is 45.9 Å². The first-order chi connectivity index (χ1) is 11.1. The van der Waals surface area contributed by atoms with Gasteiger partial charge in [-0.05, 0) is 28.1 Å². The van der Waals surface area contributed by atoms with E-state index in [4.69, 9.17) is 4.74 Å². The van der Waals surface area contributed by atoms with Crippen LogP contribution < -0.4 is 0 Å². The molecule has 0 N–H and O–H groups in total. The lowest BCUT2D eigenvalue weighted by atomic mass is 10.2. The second-order valence-corrected chi connectivity index (χ2v) is 8.13. The normalized spacial score (nSPS) is 19.9. The van der Waals surface area contributed by atoms with Gasteiger partial charge in [0.05, 0.1) is 28.4 Å². The number of morpholine rings is 1. The average Bonchev–Trinajstić information content (AvgIpc) is 3.02. The summed E-state index contributed by atoms with van der Waals surface area (Å²) in [6.07, 6.45) is 0. The van der Waals surface area contributed by atoms with Gasteiger partial charge in [-0.15, -0.1) is 11.3 Å². The number of carbonyl (C=O) groups is 2. The first kappa shape index (κ1) is 16.9. The summed E-state index contributed by atoms with van der Waals surface area (Å²) in [6, 6.07) is 3.73. The van der Waals surface area contributed by atoms with Crippen molar-refractivity contribution in [1.29, 1.82) is 0 Å². The second-order valence-electron chi connectivity index (χ2n) is 5.67. The number of carbonyl (C=O) groups excluding carboxylic acids is 2. The predicted octanol–water partition coefficient (Wildman–Crippen LogP) is 1.13. The SMILES string of the molecule is O=C(CN1CCOCC1)N1CCN(C(=O)c2ccc(Br)s2)CC1. The van der Waals surface area contributed by atoms with Crippen molar-refractivity contribution in [2.75, 3.05) is 59.0 Å². The van der Waals surface area contributed by atoms with Gasteiger partial charge in [0.2, 0.25) is 5.91 Å². The molecule has 0 aromatic carbocycles. The summed E-state index contributed by atoms with van der Waals surface area (Å²) in [6.45, 7) is 5.91. The molecule has 126 valence electrons. The Bertz CT molecular complexity index is 566. The van der Waals surface area contributed by atoms with E-state index in [0.717, 1.165) is 21.8 Å². The Kier molecular flexibility index (Phi) is 5.68. The van der Waals surface area contributed by atoms with Crippen molar-refractivity contribution in [2.45, 2.75) is 0 Å². The molecule has 2 saturated heterocycles. The Labute approximate surface area is 148 Å². The molecule has 2 aliphatic rings. The summed E-state index contributed by atoms with van der Waals surface area (Å²) in [5, 5.41) is 0. The maximum Gasteiger partial charge on any atom is 0.264 e. The molecule has 0 bridgehead atoms. The maximum absolute atomic E-state index is 12.4. The van der Waals surface area contributed by atoms with Crippen LogP contribution >= 0.6 is 27.3 Å². The first-order valence-electron chi connectivity index (χ1n) is 7.76. The minimum Gasteiger partial charge on any atom is -0.379 e. The summed E-state index contributed by atoms with van der Waals surface area (Å²) >= 11 is 4.83. The highest BCUT2D eigenvalue weighted by molar-refractivity contribution is 9.11. The van der Waals surface area contributed by atoms with Gasteiger partial charge in [-0.25, -0.2) is 0 Å². The molecule has 6 nitrogen and oxygen atoms in total. The van der Waals surface area contributed by atoms with E-state index in [2.05, 4.69) is 20.8 Å². The number of amides is 2. The molecule has 2 aliphatic heterocycles. The monoisotopic (exact) mass is 401 g/mol. The van der Waals surface area contributed by atoms with Gasteiger partial charge in [0.25, 0.3) is 5.91 Å². The number of rotatable bonds is 3. The van der Waals surface area contributed by atoms with E-state index in [1.165, 1.54) is 11.3 Å². The Morgan fingerprint density at radius 2 is 1.70 bits per heavy atom. The Balaban J connectivity index is 1.47. The van der Waals surface area contributed by atoms with Gasteiger partial charge >= 0.3 is 0 Å². The summed E-state index contributed by atoms with van der Waals surface area (Å²) in [5.41, 5.74) is 0. The van der Waals surface area contributed by atoms with Gasteiger partial charge in [0, 0.05) is 39.3 Å². The van der Waals surface area contributed by atoms with Crippen molar-refractivity contribution >= 4 is 39.1 Å². The van der Waals surface area contributed by atoms with E-state index in [9.17, 15) is 9.59 Å². The van der Waals surface area contributed by atoms with Crippen LogP contribution in [0, 0.1) is 0 Å². The lowest BCUT2D eigenvalue weighted by Gasteiger charge is -2.36. The number of hydrogen-bond donors (Lipinski definition) is 0. The lowest BCUT2D eigenvalue weighted by Crippen LogP contribution is -2.53. The molecular weight excluding hydrogens is 382 g/mol. The molecule has 0 spiro atoms. The average molecular weight is 402 g/mol. The molecule has 1 aromatic heterocycles. The highest BCUT2D eigenvalue weighted by Crippen LogP contribution is 2.23. The van der Waals surface area contributed by atoms with E-state index >= 15 is 0 Å². The largest absolute Gasteiger partial charge is 0.379 e. The van der Waals surface area contributed by atoms with E-state index in [-0.39, 0.29) is 11.8 Å². The number of hydrogen-bond acceptors (Lipinski definition) is 5. The molecule has 0 unspecified atom stereocenters. The quantitative estimate of drug-likeness (QED) is 0.761. The molecule has 0 aliphatic carbocycles. The summed E-state index contributed by atoms with van der Waals surface area (Å²) in [5.74, 6) is 0.207. The van der Waals surface area contributed by atoms with Crippen molar-refractivity contribution in [2.24, 2.45) is 0 Å². The van der Waals surface area contributed by atoms with Crippen LogP contribution in [0.2, 0.25) is 0 Å². The molecule has 8 heteroatoms. The third-order valence-electron chi connectivity index (χ3n) is 4.17. The molecule has 0 atom stereocenters. The summed E-state index contributed by atoms with van der Waals surface area (Å²) < 4.78 is 6.26. The van der Waals surface area contributed by atoms with Gasteiger partial charge in [-0.3, -0.25) is 14.5 Å². The number of piperazine rings is 1. The van der Waals surface area contributed by atoms with E-state index in [1.54, 1.807) is 0 Å². The zero-order valence-corrected chi connectivity index (χ0v) is 15.3. The highest BCUT2D eigenvalue weighted by atomic mass is 79.9. The van der Waals surface area contributed by atoms with Crippen LogP contribution in [0.3, 0.4) is 0 Å². The number of nitrogens with zero attached hydrogens (tertiary/aromatic N) is 3. The smallest absolute Gasteiger partial charge is 0.264 e. The Morgan fingerprint density at radius 3 is 2.30 bits per heavy atom. The molecule has 2 fully saturated rings. The van der Waals surface area contributed by atoms with Crippen molar-refractivity contribution < 1.29 is 14.3 Å². The van der Waals surface area contributed by atoms with Gasteiger partial charge < -0.3 is 14.5 Å². The van der Waals surface area contributed by atoms with Gasteiger partial charge in [-0.1, -0.05) is 0 Å². The zero-order valence-electron chi connectivity index (χ0n) is 12.9. The number of thiophene rings is 1. The fraction of sp³-hybridized carbons (Fsp3) is 0.600. The fourth-order valence-electron chi connectivity index (χ4n) is 2.79. The maximum atomic E-state index is 12.4. The summed E-state index contributed by atoms with van der Waals surface area (Å²) in [4.78, 5) is 31.3. The van der Waals surface area contributed by atoms with Crippen molar-refractivity contribution in [3.63, 3.8) is 0 Å². The van der Waals surface area contributed by atoms with Gasteiger partial charge in [0.1, 0.15) is 0 Å². The van der Waals surface area contributed by atoms with Gasteiger partial charge in [-0.2, -0.15) is 0 Å². The molecule has 1 aromatic rings. The lowest BCUT2D eigenvalue weighted by molar-refractivity contribution is -0.134. The molecule has 0 saturated carbocycles. The van der Waals surface area contributed by atoms with Crippen LogP contribution in [0.15, 0.2) is 15.9 Å².